The summed E-state index contributed by atoms with van der Waals surface area (Å²) in [7, 11) is 0. The van der Waals surface area contributed by atoms with E-state index in [1.165, 1.54) is 0 Å². The van der Waals surface area contributed by atoms with Gasteiger partial charge in [0, 0.05) is 17.0 Å². The fraction of sp³-hybridized carbons (Fsp3) is 0.529. The first-order valence-electron chi connectivity index (χ1n) is 6.54. The molecule has 0 fully saturated rings. The molecule has 0 amide bonds. The average molecular weight is 263 g/mol. The van der Waals surface area contributed by atoms with Gasteiger partial charge < -0.3 is 4.79 Å². The second-order valence-electron chi connectivity index (χ2n) is 5.86. The second-order valence-corrected chi connectivity index (χ2v) is 5.86. The molecule has 0 aromatic heterocycles. The van der Waals surface area contributed by atoms with Crippen molar-refractivity contribution in [2.75, 3.05) is 6.54 Å². The summed E-state index contributed by atoms with van der Waals surface area (Å²) in [6.07, 6.45) is 10.1. The highest BCUT2D eigenvalue weighted by Crippen LogP contribution is 2.17. The van der Waals surface area contributed by atoms with Crippen LogP contribution in [0.1, 0.15) is 40.5 Å². The van der Waals surface area contributed by atoms with Crippen molar-refractivity contribution in [1.82, 2.24) is 0 Å². The molecule has 0 aromatic carbocycles. The summed E-state index contributed by atoms with van der Waals surface area (Å²) >= 11 is 0. The summed E-state index contributed by atoms with van der Waals surface area (Å²) in [5.41, 5.74) is -0.0630. The highest BCUT2D eigenvalue weighted by Gasteiger charge is 2.12. The van der Waals surface area contributed by atoms with Gasteiger partial charge in [-0.2, -0.15) is 0 Å². The van der Waals surface area contributed by atoms with Gasteiger partial charge in [0.2, 0.25) is 0 Å². The summed E-state index contributed by atoms with van der Waals surface area (Å²) in [6, 6.07) is 0. The molecule has 0 bridgehead atoms. The van der Waals surface area contributed by atoms with Crippen LogP contribution in [0.25, 0.3) is 0 Å². The number of hydrogen-bond donors (Lipinski definition) is 0. The van der Waals surface area contributed by atoms with Crippen LogP contribution < -0.4 is 0 Å². The van der Waals surface area contributed by atoms with Crippen LogP contribution in [0.4, 0.5) is 0 Å². The highest BCUT2D eigenvalue weighted by atomic mass is 16.1. The first-order chi connectivity index (χ1) is 8.74. The maximum atomic E-state index is 10.2. The molecule has 0 saturated carbocycles. The average Bonchev–Trinajstić information content (AvgIpc) is 2.30. The first-order valence-corrected chi connectivity index (χ1v) is 6.54. The van der Waals surface area contributed by atoms with Crippen LogP contribution in [0, 0.1) is 10.8 Å². The fourth-order valence-electron chi connectivity index (χ4n) is 1.22. The molecule has 2 heteroatoms. The van der Waals surface area contributed by atoms with Crippen LogP contribution in [0.5, 0.6) is 0 Å². The first kappa shape index (κ1) is 19.9. The predicted octanol–water partition coefficient (Wildman–Crippen LogP) is 4.63. The number of nitrogens with zero attached hydrogens (tertiary/aromatic N) is 1. The molecular weight excluding hydrogens is 234 g/mol. The fourth-order valence-corrected chi connectivity index (χ4v) is 1.22. The van der Waals surface area contributed by atoms with Gasteiger partial charge in [0.1, 0.15) is 6.29 Å². The van der Waals surface area contributed by atoms with Crippen LogP contribution in [-0.2, 0) is 4.79 Å². The van der Waals surface area contributed by atoms with E-state index in [-0.39, 0.29) is 10.8 Å². The van der Waals surface area contributed by atoms with E-state index in [4.69, 9.17) is 0 Å². The molecule has 0 N–H and O–H groups in total. The minimum absolute atomic E-state index is 0.144. The zero-order chi connectivity index (χ0) is 15.4. The van der Waals surface area contributed by atoms with Crippen molar-refractivity contribution in [3.63, 3.8) is 0 Å². The van der Waals surface area contributed by atoms with E-state index in [1.807, 2.05) is 26.1 Å². The summed E-state index contributed by atoms with van der Waals surface area (Å²) in [5, 5.41) is 0. The predicted molar refractivity (Wildman–Crippen MR) is 86.8 cm³/mol. The van der Waals surface area contributed by atoms with Gasteiger partial charge in [-0.15, -0.1) is 19.7 Å². The van der Waals surface area contributed by atoms with Crippen LogP contribution in [0.15, 0.2) is 43.0 Å². The van der Waals surface area contributed by atoms with Crippen molar-refractivity contribution in [3.8, 4) is 0 Å². The number of aliphatic imine (C=N–C) groups is 1. The molecule has 0 aliphatic rings. The lowest BCUT2D eigenvalue weighted by Crippen LogP contribution is -2.11. The molecule has 0 aliphatic carbocycles. The van der Waals surface area contributed by atoms with Crippen molar-refractivity contribution in [2.45, 2.75) is 40.5 Å². The highest BCUT2D eigenvalue weighted by molar-refractivity contribution is 5.65. The Balaban J connectivity index is 0. The van der Waals surface area contributed by atoms with Gasteiger partial charge in [0.05, 0.1) is 6.54 Å². The molecule has 0 atom stereocenters. The Morgan fingerprint density at radius 2 is 1.37 bits per heavy atom. The summed E-state index contributed by atoms with van der Waals surface area (Å²) in [4.78, 5) is 14.4. The van der Waals surface area contributed by atoms with Crippen LogP contribution in [-0.4, -0.2) is 19.0 Å². The van der Waals surface area contributed by atoms with E-state index in [9.17, 15) is 4.79 Å². The van der Waals surface area contributed by atoms with Gasteiger partial charge in [-0.1, -0.05) is 45.9 Å². The maximum absolute atomic E-state index is 10.2. The SMILES string of the molecule is C=CC/N=C/C(C)(C)CC=C.C=CCC(C)(C)C=O. The number of carbonyl (C=O) groups is 1. The van der Waals surface area contributed by atoms with E-state index < -0.39 is 0 Å². The molecule has 2 nitrogen and oxygen atoms in total. The Morgan fingerprint density at radius 1 is 0.895 bits per heavy atom. The lowest BCUT2D eigenvalue weighted by atomic mass is 9.91. The second kappa shape index (κ2) is 10.5. The number of rotatable bonds is 8. The normalized spacial score (nSPS) is 11.4. The van der Waals surface area contributed by atoms with Crippen molar-refractivity contribution < 1.29 is 4.79 Å². The Hall–Kier alpha value is -1.44. The summed E-state index contributed by atoms with van der Waals surface area (Å²) in [5.74, 6) is 0. The van der Waals surface area contributed by atoms with Crippen molar-refractivity contribution in [2.24, 2.45) is 15.8 Å². The molecule has 0 aromatic rings. The molecule has 0 saturated heterocycles. The standard InChI is InChI=1S/C10H17N.C7H12O/c1-5-7-10(3,4)9-11-8-6-2;1-4-5-7(2,3)6-8/h5-6,9H,1-2,7-8H2,3-4H3;4,6H,1,5H2,2-3H3/b11-9+;. The van der Waals surface area contributed by atoms with Crippen LogP contribution in [0.3, 0.4) is 0 Å². The minimum Gasteiger partial charge on any atom is -0.303 e. The van der Waals surface area contributed by atoms with Gasteiger partial charge >= 0.3 is 0 Å². The Morgan fingerprint density at radius 3 is 1.68 bits per heavy atom. The zero-order valence-corrected chi connectivity index (χ0v) is 13.0. The third kappa shape index (κ3) is 14.5. The third-order valence-electron chi connectivity index (χ3n) is 2.34. The molecule has 19 heavy (non-hydrogen) atoms. The molecule has 0 rings (SSSR count). The maximum Gasteiger partial charge on any atom is 0.125 e. The van der Waals surface area contributed by atoms with Gasteiger partial charge in [-0.05, 0) is 12.8 Å². The number of carbonyl (C=O) groups excluding carboxylic acids is 1. The summed E-state index contributed by atoms with van der Waals surface area (Å²) < 4.78 is 0. The Bertz CT molecular complexity index is 311. The topological polar surface area (TPSA) is 29.4 Å². The smallest absolute Gasteiger partial charge is 0.125 e. The van der Waals surface area contributed by atoms with Crippen molar-refractivity contribution in [3.05, 3.63) is 38.0 Å². The van der Waals surface area contributed by atoms with E-state index in [0.29, 0.717) is 6.54 Å². The van der Waals surface area contributed by atoms with Gasteiger partial charge in [-0.3, -0.25) is 4.99 Å². The van der Waals surface area contributed by atoms with E-state index in [0.717, 1.165) is 19.1 Å². The summed E-state index contributed by atoms with van der Waals surface area (Å²) in [6.45, 7) is 19.6. The van der Waals surface area contributed by atoms with Crippen molar-refractivity contribution >= 4 is 12.5 Å². The van der Waals surface area contributed by atoms with E-state index in [1.54, 1.807) is 12.2 Å². The number of aldehydes is 1. The lowest BCUT2D eigenvalue weighted by molar-refractivity contribution is -0.114. The quantitative estimate of drug-likeness (QED) is 0.356. The zero-order valence-electron chi connectivity index (χ0n) is 13.0. The Kier molecular flexibility index (Phi) is 11.0. The third-order valence-corrected chi connectivity index (χ3v) is 2.34. The lowest BCUT2D eigenvalue weighted by Gasteiger charge is -2.15. The van der Waals surface area contributed by atoms with Gasteiger partial charge in [-0.25, -0.2) is 0 Å². The Labute approximate surface area is 119 Å². The van der Waals surface area contributed by atoms with Gasteiger partial charge in [0.25, 0.3) is 0 Å². The van der Waals surface area contributed by atoms with Crippen LogP contribution >= 0.6 is 0 Å². The molecule has 0 heterocycles. The van der Waals surface area contributed by atoms with Gasteiger partial charge in [0.15, 0.2) is 0 Å². The molecule has 108 valence electrons. The van der Waals surface area contributed by atoms with E-state index in [2.05, 4.69) is 38.6 Å². The van der Waals surface area contributed by atoms with E-state index >= 15 is 0 Å². The van der Waals surface area contributed by atoms with Crippen LogP contribution in [0.2, 0.25) is 0 Å². The minimum atomic E-state index is -0.207. The number of hydrogen-bond acceptors (Lipinski definition) is 2. The largest absolute Gasteiger partial charge is 0.303 e. The molecule has 0 spiro atoms. The number of allylic oxidation sites excluding steroid dienone is 2. The molecule has 0 aliphatic heterocycles. The molecule has 0 unspecified atom stereocenters. The molecular formula is C17H29NO. The van der Waals surface area contributed by atoms with Crippen molar-refractivity contribution in [1.29, 1.82) is 0 Å². The monoisotopic (exact) mass is 263 g/mol. The molecule has 0 radical (unpaired) electrons.